The van der Waals surface area contributed by atoms with E-state index >= 15 is 0 Å². The molecule has 4 rings (SSSR count). The summed E-state index contributed by atoms with van der Waals surface area (Å²) in [6.07, 6.45) is -5.59. The maximum atomic E-state index is 13.0. The van der Waals surface area contributed by atoms with Gasteiger partial charge in [-0.2, -0.15) is 17.9 Å². The first kappa shape index (κ1) is 22.8. The highest BCUT2D eigenvalue weighted by atomic mass is 32.2. The molecule has 0 saturated heterocycles. The molecule has 1 heterocycles. The zero-order chi connectivity index (χ0) is 23.8. The van der Waals surface area contributed by atoms with Crippen LogP contribution in [0.1, 0.15) is 38.8 Å². The third-order valence-electron chi connectivity index (χ3n) is 5.25. The zero-order valence-electron chi connectivity index (χ0n) is 17.4. The van der Waals surface area contributed by atoms with Crippen LogP contribution in [-0.4, -0.2) is 14.3 Å². The van der Waals surface area contributed by atoms with Gasteiger partial charge in [-0.05, 0) is 48.4 Å². The summed E-state index contributed by atoms with van der Waals surface area (Å²) in [6, 6.07) is 16.3. The summed E-state index contributed by atoms with van der Waals surface area (Å²) in [5.74, 6) is -0.306. The van der Waals surface area contributed by atoms with Crippen LogP contribution < -0.4 is 15.4 Å². The highest BCUT2D eigenvalue weighted by Gasteiger charge is 2.35. The molecule has 1 atom stereocenters. The maximum Gasteiger partial charge on any atom is 0.416 e. The first-order valence-corrected chi connectivity index (χ1v) is 11.4. The summed E-state index contributed by atoms with van der Waals surface area (Å²) in [5, 5.41) is 5.60. The normalized spacial score (nSPS) is 17.0. The second-order valence-electron chi connectivity index (χ2n) is 7.70. The molecule has 0 aromatic heterocycles. The van der Waals surface area contributed by atoms with E-state index in [0.29, 0.717) is 17.7 Å². The van der Waals surface area contributed by atoms with Crippen molar-refractivity contribution < 1.29 is 26.4 Å². The average molecular weight is 475 g/mol. The molecule has 0 saturated carbocycles. The number of carbonyl (C=O) groups excluding carboxylic acids is 1. The topological polar surface area (TPSA) is 87.3 Å². The Hall–Kier alpha value is -3.37. The van der Waals surface area contributed by atoms with Crippen molar-refractivity contribution >= 4 is 21.6 Å². The van der Waals surface area contributed by atoms with Gasteiger partial charge in [0.15, 0.2) is 0 Å². The van der Waals surface area contributed by atoms with Gasteiger partial charge in [0.1, 0.15) is 11.1 Å². The van der Waals surface area contributed by atoms with Crippen molar-refractivity contribution in [2.24, 2.45) is 0 Å². The second-order valence-corrected chi connectivity index (χ2v) is 9.38. The molecule has 10 heteroatoms. The smallest absolute Gasteiger partial charge is 0.364 e. The van der Waals surface area contributed by atoms with Crippen LogP contribution >= 0.6 is 0 Å². The molecule has 0 bridgehead atoms. The lowest BCUT2D eigenvalue weighted by Gasteiger charge is -2.29. The van der Waals surface area contributed by atoms with Crippen molar-refractivity contribution in [1.82, 2.24) is 10.0 Å². The molecule has 3 N–H and O–H groups in total. The van der Waals surface area contributed by atoms with Crippen LogP contribution in [0.3, 0.4) is 0 Å². The molecule has 3 aromatic rings. The first-order chi connectivity index (χ1) is 15.5. The number of sulfonamides is 1. The fourth-order valence-electron chi connectivity index (χ4n) is 3.43. The van der Waals surface area contributed by atoms with Crippen LogP contribution in [0, 0.1) is 6.92 Å². The number of anilines is 1. The van der Waals surface area contributed by atoms with Gasteiger partial charge < -0.3 is 10.6 Å². The molecule has 1 amide bonds. The number of hydrogen-bond acceptors (Lipinski definition) is 4. The number of amides is 1. The van der Waals surface area contributed by atoms with Gasteiger partial charge in [0, 0.05) is 12.1 Å². The van der Waals surface area contributed by atoms with E-state index in [2.05, 4.69) is 15.4 Å². The molecule has 172 valence electrons. The van der Waals surface area contributed by atoms with Gasteiger partial charge in [0.2, 0.25) is 10.0 Å². The highest BCUT2D eigenvalue weighted by Crippen LogP contribution is 2.37. The monoisotopic (exact) mass is 475 g/mol. The molecule has 0 unspecified atom stereocenters. The van der Waals surface area contributed by atoms with Gasteiger partial charge >= 0.3 is 6.18 Å². The summed E-state index contributed by atoms with van der Waals surface area (Å²) in [4.78, 5) is 12.2. The number of halogens is 3. The van der Waals surface area contributed by atoms with Gasteiger partial charge in [-0.1, -0.05) is 42.0 Å². The second kappa shape index (κ2) is 8.53. The number of carbonyl (C=O) groups is 1. The van der Waals surface area contributed by atoms with Crippen LogP contribution in [0.2, 0.25) is 0 Å². The quantitative estimate of drug-likeness (QED) is 0.524. The molecule has 1 aliphatic rings. The van der Waals surface area contributed by atoms with Crippen LogP contribution in [0.15, 0.2) is 71.6 Å². The van der Waals surface area contributed by atoms with Crippen molar-refractivity contribution in [2.75, 3.05) is 5.32 Å². The number of aryl methyl sites for hydroxylation is 1. The standard InChI is InChI=1S/C23H20F3N3O3S/c1-14-2-4-15(5-3-14)13-27-22(30)17-8-6-16(7-9-17)21-28-19-12-18(23(24,25)26)10-11-20(19)33(31,32)29-21/h2-12,21,28-29H,13H2,1H3,(H,27,30)/t21-/m0/s1. The number of alkyl halides is 3. The molecule has 3 aromatic carbocycles. The Morgan fingerprint density at radius 1 is 1.00 bits per heavy atom. The molecule has 1 aliphatic heterocycles. The van der Waals surface area contributed by atoms with E-state index in [1.54, 1.807) is 12.1 Å². The average Bonchev–Trinajstić information content (AvgIpc) is 2.77. The van der Waals surface area contributed by atoms with Crippen molar-refractivity contribution in [3.8, 4) is 0 Å². The van der Waals surface area contributed by atoms with Gasteiger partial charge in [-0.3, -0.25) is 4.79 Å². The molecule has 0 radical (unpaired) electrons. The van der Waals surface area contributed by atoms with Gasteiger partial charge in [-0.25, -0.2) is 8.42 Å². The lowest BCUT2D eigenvalue weighted by Crippen LogP contribution is -2.38. The van der Waals surface area contributed by atoms with E-state index in [1.165, 1.54) is 12.1 Å². The molecule has 0 fully saturated rings. The Bertz CT molecular complexity index is 1290. The number of hydrogen-bond donors (Lipinski definition) is 3. The number of benzene rings is 3. The Morgan fingerprint density at radius 2 is 1.67 bits per heavy atom. The first-order valence-electron chi connectivity index (χ1n) is 9.97. The lowest BCUT2D eigenvalue weighted by molar-refractivity contribution is -0.137. The van der Waals surface area contributed by atoms with Crippen LogP contribution in [0.25, 0.3) is 0 Å². The van der Waals surface area contributed by atoms with E-state index in [9.17, 15) is 26.4 Å². The Morgan fingerprint density at radius 3 is 2.30 bits per heavy atom. The Balaban J connectivity index is 1.50. The van der Waals surface area contributed by atoms with Crippen LogP contribution in [0.5, 0.6) is 0 Å². The van der Waals surface area contributed by atoms with E-state index < -0.39 is 27.9 Å². The molecular weight excluding hydrogens is 455 g/mol. The minimum Gasteiger partial charge on any atom is -0.364 e. The summed E-state index contributed by atoms with van der Waals surface area (Å²) in [5.41, 5.74) is 1.77. The van der Waals surface area contributed by atoms with Crippen LogP contribution in [0.4, 0.5) is 18.9 Å². The third kappa shape index (κ3) is 5.01. The third-order valence-corrected chi connectivity index (χ3v) is 6.73. The van der Waals surface area contributed by atoms with Gasteiger partial charge in [0.05, 0.1) is 11.3 Å². The van der Waals surface area contributed by atoms with Crippen molar-refractivity contribution in [2.45, 2.75) is 30.7 Å². The maximum absolute atomic E-state index is 13.0. The number of rotatable bonds is 4. The fraction of sp³-hybridized carbons (Fsp3) is 0.174. The molecule has 0 spiro atoms. The molecule has 6 nitrogen and oxygen atoms in total. The molecular formula is C23H20F3N3O3S. The summed E-state index contributed by atoms with van der Waals surface area (Å²) in [6.45, 7) is 2.32. The van der Waals surface area contributed by atoms with E-state index in [0.717, 1.165) is 29.3 Å². The van der Waals surface area contributed by atoms with Crippen LogP contribution in [-0.2, 0) is 22.7 Å². The summed E-state index contributed by atoms with van der Waals surface area (Å²) < 4.78 is 66.6. The zero-order valence-corrected chi connectivity index (χ0v) is 18.2. The fourth-order valence-corrected chi connectivity index (χ4v) is 4.71. The van der Waals surface area contributed by atoms with Crippen molar-refractivity contribution in [3.63, 3.8) is 0 Å². The predicted molar refractivity (Wildman–Crippen MR) is 117 cm³/mol. The Kier molecular flexibility index (Phi) is 5.89. The van der Waals surface area contributed by atoms with E-state index in [-0.39, 0.29) is 16.5 Å². The highest BCUT2D eigenvalue weighted by molar-refractivity contribution is 7.89. The number of nitrogens with one attached hydrogen (secondary N) is 3. The molecule has 33 heavy (non-hydrogen) atoms. The van der Waals surface area contributed by atoms with E-state index in [1.807, 2.05) is 31.2 Å². The summed E-state index contributed by atoms with van der Waals surface area (Å²) >= 11 is 0. The minimum atomic E-state index is -4.60. The Labute approximate surface area is 188 Å². The predicted octanol–water partition coefficient (Wildman–Crippen LogP) is 4.35. The van der Waals surface area contributed by atoms with Crippen molar-refractivity contribution in [3.05, 3.63) is 94.5 Å². The summed E-state index contributed by atoms with van der Waals surface area (Å²) in [7, 11) is -4.03. The number of fused-ring (bicyclic) bond motifs is 1. The van der Waals surface area contributed by atoms with Crippen molar-refractivity contribution in [1.29, 1.82) is 0 Å². The van der Waals surface area contributed by atoms with Gasteiger partial charge in [-0.15, -0.1) is 0 Å². The SMILES string of the molecule is Cc1ccc(CNC(=O)c2ccc([C@H]3Nc4cc(C(F)(F)F)ccc4S(=O)(=O)N3)cc2)cc1. The lowest BCUT2D eigenvalue weighted by atomic mass is 10.1. The molecule has 0 aliphatic carbocycles. The largest absolute Gasteiger partial charge is 0.416 e. The van der Waals surface area contributed by atoms with Gasteiger partial charge in [0.25, 0.3) is 5.91 Å². The minimum absolute atomic E-state index is 0.145. The van der Waals surface area contributed by atoms with E-state index in [4.69, 9.17) is 0 Å².